The monoisotopic (exact) mass is 268 g/mol. The van der Waals surface area contributed by atoms with Crippen LogP contribution in [0, 0.1) is 12.8 Å². The van der Waals surface area contributed by atoms with Crippen LogP contribution < -0.4 is 5.01 Å². The smallest absolute Gasteiger partial charge is 0.0731 e. The quantitative estimate of drug-likeness (QED) is 0.795. The van der Waals surface area contributed by atoms with Crippen LogP contribution in [0.1, 0.15) is 27.7 Å². The summed E-state index contributed by atoms with van der Waals surface area (Å²) in [5.41, 5.74) is 3.55. The number of rotatable bonds is 2. The van der Waals surface area contributed by atoms with Gasteiger partial charge in [-0.15, -0.1) is 0 Å². The molecule has 0 aromatic heterocycles. The van der Waals surface area contributed by atoms with Crippen molar-refractivity contribution in [2.75, 3.05) is 5.01 Å². The Balaban J connectivity index is 2.06. The number of aryl methyl sites for hydroxylation is 1. The molecule has 0 N–H and O–H groups in total. The molecule has 102 valence electrons. The molecule has 2 aromatic rings. The molecule has 0 spiro atoms. The fourth-order valence-corrected chi connectivity index (χ4v) is 2.51. The van der Waals surface area contributed by atoms with Gasteiger partial charge in [-0.2, -0.15) is 5.10 Å². The van der Waals surface area contributed by atoms with Gasteiger partial charge in [-0.1, -0.05) is 54.9 Å². The van der Waals surface area contributed by atoms with Crippen LogP contribution in [0.4, 0.5) is 5.69 Å². The van der Waals surface area contributed by atoms with Crippen molar-refractivity contribution in [1.82, 2.24) is 0 Å². The van der Waals surface area contributed by atoms with E-state index in [1.807, 2.05) is 42.3 Å². The number of hydrogen-bond donors (Lipinski definition) is 0. The summed E-state index contributed by atoms with van der Waals surface area (Å²) in [7, 11) is 0. The standard InChI is InChI=1S/C18H20N2/c1-13-9-11-16(12-10-13)18-14(2)15(3)20(19-18)17-7-5-4-6-8-17/h4-12,14-15H,1-3H3/i9T,12T. The second-order valence-electron chi connectivity index (χ2n) is 5.37. The Morgan fingerprint density at radius 3 is 2.55 bits per heavy atom. The molecule has 0 bridgehead atoms. The topological polar surface area (TPSA) is 15.6 Å². The van der Waals surface area contributed by atoms with Gasteiger partial charge in [0.15, 0.2) is 0 Å². The minimum Gasteiger partial charge on any atom is -0.262 e. The molecular formula is C18H20N2. The first kappa shape index (κ1) is 10.7. The van der Waals surface area contributed by atoms with Gasteiger partial charge in [0.05, 0.1) is 20.2 Å². The van der Waals surface area contributed by atoms with E-state index < -0.39 is 0 Å². The Morgan fingerprint density at radius 1 is 1.05 bits per heavy atom. The SMILES string of the molecule is [3H]c1cc(C2=NN(c3ccccc3)C(C)C2C)c([3H])cc1C. The van der Waals surface area contributed by atoms with Gasteiger partial charge in [-0.25, -0.2) is 0 Å². The molecule has 0 saturated carbocycles. The summed E-state index contributed by atoms with van der Waals surface area (Å²) in [6, 6.07) is 14.8. The lowest BCUT2D eigenvalue weighted by Crippen LogP contribution is -2.28. The Bertz CT molecular complexity index is 725. The van der Waals surface area contributed by atoms with Gasteiger partial charge in [-0.3, -0.25) is 5.01 Å². The molecule has 2 nitrogen and oxygen atoms in total. The number of anilines is 1. The first-order chi connectivity index (χ1) is 10.5. The van der Waals surface area contributed by atoms with Crippen molar-refractivity contribution >= 4 is 11.4 Å². The lowest BCUT2D eigenvalue weighted by Gasteiger charge is -2.22. The summed E-state index contributed by atoms with van der Waals surface area (Å²) in [5, 5.41) is 6.79. The van der Waals surface area contributed by atoms with Gasteiger partial charge in [0, 0.05) is 5.92 Å². The van der Waals surface area contributed by atoms with E-state index in [1.54, 1.807) is 12.1 Å². The van der Waals surface area contributed by atoms with E-state index in [1.165, 1.54) is 0 Å². The predicted molar refractivity (Wildman–Crippen MR) is 85.3 cm³/mol. The summed E-state index contributed by atoms with van der Waals surface area (Å²) in [6.07, 6.45) is 0. The average molecular weight is 268 g/mol. The first-order valence-electron chi connectivity index (χ1n) is 8.00. The van der Waals surface area contributed by atoms with Crippen LogP contribution in [-0.2, 0) is 0 Å². The molecule has 0 fully saturated rings. The average Bonchev–Trinajstić information content (AvgIpc) is 2.80. The maximum absolute atomic E-state index is 8.22. The van der Waals surface area contributed by atoms with Crippen LogP contribution in [0.3, 0.4) is 0 Å². The van der Waals surface area contributed by atoms with Crippen LogP contribution in [0.15, 0.2) is 59.7 Å². The third kappa shape index (κ3) is 2.22. The van der Waals surface area contributed by atoms with Crippen LogP contribution in [0.25, 0.3) is 0 Å². The highest BCUT2D eigenvalue weighted by Crippen LogP contribution is 2.30. The minimum absolute atomic E-state index is 0.214. The number of benzene rings is 2. The number of hydrogen-bond acceptors (Lipinski definition) is 2. The molecule has 0 saturated heterocycles. The van der Waals surface area contributed by atoms with Crippen molar-refractivity contribution in [1.29, 1.82) is 0 Å². The number of nitrogens with zero attached hydrogens (tertiary/aromatic N) is 2. The molecule has 2 unspecified atom stereocenters. The van der Waals surface area contributed by atoms with Crippen molar-refractivity contribution in [3.63, 3.8) is 0 Å². The number of hydrazone groups is 1. The molecule has 2 aromatic carbocycles. The van der Waals surface area contributed by atoms with Crippen LogP contribution in [0.2, 0.25) is 0 Å². The maximum atomic E-state index is 8.22. The zero-order chi connectivity index (χ0) is 15.9. The fourth-order valence-electron chi connectivity index (χ4n) is 2.51. The molecule has 20 heavy (non-hydrogen) atoms. The highest BCUT2D eigenvalue weighted by molar-refractivity contribution is 6.04. The van der Waals surface area contributed by atoms with E-state index in [0.29, 0.717) is 12.1 Å². The fraction of sp³-hybridized carbons (Fsp3) is 0.278. The largest absolute Gasteiger partial charge is 0.262 e. The second-order valence-corrected chi connectivity index (χ2v) is 5.37. The summed E-state index contributed by atoms with van der Waals surface area (Å²) in [4.78, 5) is 0. The molecule has 1 aliphatic rings. The van der Waals surface area contributed by atoms with Crippen molar-refractivity contribution in [3.05, 3.63) is 65.7 Å². The van der Waals surface area contributed by atoms with Crippen molar-refractivity contribution in [2.24, 2.45) is 11.0 Å². The van der Waals surface area contributed by atoms with E-state index in [0.717, 1.165) is 22.5 Å². The molecule has 2 atom stereocenters. The van der Waals surface area contributed by atoms with E-state index >= 15 is 0 Å². The second kappa shape index (κ2) is 5.12. The zero-order valence-corrected chi connectivity index (χ0v) is 12.1. The maximum Gasteiger partial charge on any atom is 0.0731 e. The Labute approximate surface area is 123 Å². The van der Waals surface area contributed by atoms with Crippen LogP contribution >= 0.6 is 0 Å². The van der Waals surface area contributed by atoms with Gasteiger partial charge >= 0.3 is 0 Å². The molecule has 0 aliphatic carbocycles. The van der Waals surface area contributed by atoms with Crippen LogP contribution in [-0.4, -0.2) is 11.8 Å². The molecule has 2 heteroatoms. The highest BCUT2D eigenvalue weighted by atomic mass is 15.5. The van der Waals surface area contributed by atoms with Crippen LogP contribution in [0.5, 0.6) is 0 Å². The third-order valence-electron chi connectivity index (χ3n) is 3.94. The zero-order valence-electron chi connectivity index (χ0n) is 14.1. The molecular weight excluding hydrogens is 244 g/mol. The summed E-state index contributed by atoms with van der Waals surface area (Å²) in [6.45, 7) is 6.14. The molecule has 0 radical (unpaired) electrons. The molecule has 1 heterocycles. The Hall–Kier alpha value is -2.09. The Morgan fingerprint density at radius 2 is 1.80 bits per heavy atom. The highest BCUT2D eigenvalue weighted by Gasteiger charge is 2.32. The molecule has 1 aliphatic heterocycles. The number of para-hydroxylation sites is 1. The summed E-state index contributed by atoms with van der Waals surface area (Å²) in [5.74, 6) is 0.214. The first-order valence-corrected chi connectivity index (χ1v) is 7.00. The minimum atomic E-state index is 0.214. The van der Waals surface area contributed by atoms with E-state index in [4.69, 9.17) is 7.84 Å². The van der Waals surface area contributed by atoms with Crippen molar-refractivity contribution in [2.45, 2.75) is 26.8 Å². The summed E-state index contributed by atoms with van der Waals surface area (Å²) < 4.78 is 16.2. The normalized spacial score (nSPS) is 23.4. The molecule has 3 rings (SSSR count). The third-order valence-corrected chi connectivity index (χ3v) is 3.94. The summed E-state index contributed by atoms with van der Waals surface area (Å²) >= 11 is 0. The van der Waals surface area contributed by atoms with Gasteiger partial charge in [0.25, 0.3) is 0 Å². The van der Waals surface area contributed by atoms with Gasteiger partial charge in [0.1, 0.15) is 0 Å². The Kier molecular flexibility index (Phi) is 2.73. The van der Waals surface area contributed by atoms with E-state index in [2.05, 4.69) is 13.8 Å². The van der Waals surface area contributed by atoms with Crippen molar-refractivity contribution < 1.29 is 2.74 Å². The van der Waals surface area contributed by atoms with Crippen molar-refractivity contribution in [3.8, 4) is 0 Å². The lowest BCUT2D eigenvalue weighted by atomic mass is 9.93. The predicted octanol–water partition coefficient (Wildman–Crippen LogP) is 4.24. The lowest BCUT2D eigenvalue weighted by molar-refractivity contribution is 0.604. The van der Waals surface area contributed by atoms with E-state index in [9.17, 15) is 0 Å². The van der Waals surface area contributed by atoms with E-state index in [-0.39, 0.29) is 12.0 Å². The van der Waals surface area contributed by atoms with Gasteiger partial charge < -0.3 is 0 Å². The molecule has 0 amide bonds. The van der Waals surface area contributed by atoms with Gasteiger partial charge in [0.2, 0.25) is 0 Å². The van der Waals surface area contributed by atoms with Gasteiger partial charge in [-0.05, 0) is 31.5 Å².